The van der Waals surface area contributed by atoms with Crippen molar-refractivity contribution in [2.45, 2.75) is 25.3 Å². The van der Waals surface area contributed by atoms with Crippen LogP contribution in [0.1, 0.15) is 27.2 Å². The molecule has 0 saturated heterocycles. The van der Waals surface area contributed by atoms with E-state index in [9.17, 15) is 13.2 Å². The van der Waals surface area contributed by atoms with Crippen LogP contribution in [0.2, 0.25) is 0 Å². The molecule has 0 bridgehead atoms. The molecule has 6 nitrogen and oxygen atoms in total. The molecule has 0 aliphatic heterocycles. The van der Waals surface area contributed by atoms with Gasteiger partial charge in [-0.2, -0.15) is 0 Å². The highest BCUT2D eigenvalue weighted by Gasteiger charge is 2.19. The average molecular weight is 384 g/mol. The first-order chi connectivity index (χ1) is 12.8. The first-order valence-corrected chi connectivity index (χ1v) is 9.84. The lowest BCUT2D eigenvalue weighted by Crippen LogP contribution is -2.23. The lowest BCUT2D eigenvalue weighted by Gasteiger charge is -2.12. The number of sulfonamides is 1. The van der Waals surface area contributed by atoms with Crippen molar-refractivity contribution < 1.29 is 17.6 Å². The molecule has 0 radical (unpaired) electrons. The number of carbonyl (C=O) groups excluding carboxylic acids is 1. The minimum absolute atomic E-state index is 0.0645. The van der Waals surface area contributed by atoms with E-state index in [-0.39, 0.29) is 22.9 Å². The van der Waals surface area contributed by atoms with E-state index < -0.39 is 10.0 Å². The van der Waals surface area contributed by atoms with Gasteiger partial charge in [0.15, 0.2) is 0 Å². The average Bonchev–Trinajstić information content (AvgIpc) is 3.13. The number of hydrogen-bond donors (Lipinski definition) is 2. The van der Waals surface area contributed by atoms with Gasteiger partial charge in [-0.3, -0.25) is 9.52 Å². The third-order valence-corrected chi connectivity index (χ3v) is 5.54. The number of carbonyl (C=O) groups is 1. The lowest BCUT2D eigenvalue weighted by molar-refractivity contribution is 0.0948. The first-order valence-electron chi connectivity index (χ1n) is 8.36. The number of rotatable bonds is 6. The summed E-state index contributed by atoms with van der Waals surface area (Å²) in [6.07, 6.45) is 1.52. The fraction of sp³-hybridized carbons (Fsp3) is 0.150. The zero-order valence-electron chi connectivity index (χ0n) is 15.0. The van der Waals surface area contributed by atoms with Gasteiger partial charge in [-0.1, -0.05) is 18.2 Å². The van der Waals surface area contributed by atoms with Crippen molar-refractivity contribution in [3.63, 3.8) is 0 Å². The smallest absolute Gasteiger partial charge is 0.262 e. The standard InChI is InChI=1S/C20H20N2O4S/c1-14-5-3-6-17(11-14)22-27(24,25)19-12-16(9-8-15(19)2)20(23)21-13-18-7-4-10-26-18/h3-12,22H,13H2,1-2H3,(H,21,23). The van der Waals surface area contributed by atoms with E-state index in [1.54, 1.807) is 49.4 Å². The highest BCUT2D eigenvalue weighted by molar-refractivity contribution is 7.92. The molecule has 2 aromatic carbocycles. The number of furan rings is 1. The highest BCUT2D eigenvalue weighted by Crippen LogP contribution is 2.21. The van der Waals surface area contributed by atoms with E-state index in [0.717, 1.165) is 5.56 Å². The molecule has 0 saturated carbocycles. The molecule has 1 amide bonds. The second kappa shape index (κ2) is 7.67. The van der Waals surface area contributed by atoms with Gasteiger partial charge in [-0.15, -0.1) is 0 Å². The van der Waals surface area contributed by atoms with Crippen molar-refractivity contribution >= 4 is 21.6 Å². The summed E-state index contributed by atoms with van der Waals surface area (Å²) < 4.78 is 33.3. The van der Waals surface area contributed by atoms with Gasteiger partial charge in [-0.05, 0) is 61.4 Å². The third-order valence-electron chi connectivity index (χ3n) is 4.01. The fourth-order valence-corrected chi connectivity index (χ4v) is 3.95. The second-order valence-electron chi connectivity index (χ2n) is 6.22. The Morgan fingerprint density at radius 2 is 1.85 bits per heavy atom. The molecule has 0 aliphatic rings. The molecular weight excluding hydrogens is 364 g/mol. The van der Waals surface area contributed by atoms with Gasteiger partial charge in [0.05, 0.1) is 17.7 Å². The van der Waals surface area contributed by atoms with Crippen molar-refractivity contribution in [3.05, 3.63) is 83.3 Å². The Morgan fingerprint density at radius 1 is 1.04 bits per heavy atom. The second-order valence-corrected chi connectivity index (χ2v) is 7.87. The van der Waals surface area contributed by atoms with Crippen LogP contribution in [-0.2, 0) is 16.6 Å². The van der Waals surface area contributed by atoms with Crippen LogP contribution < -0.4 is 10.0 Å². The highest BCUT2D eigenvalue weighted by atomic mass is 32.2. The van der Waals surface area contributed by atoms with Crippen LogP contribution in [0.25, 0.3) is 0 Å². The Labute approximate surface area is 158 Å². The van der Waals surface area contributed by atoms with Crippen LogP contribution in [0.3, 0.4) is 0 Å². The Hall–Kier alpha value is -3.06. The van der Waals surface area contributed by atoms with E-state index in [4.69, 9.17) is 4.42 Å². The largest absolute Gasteiger partial charge is 0.467 e. The number of nitrogens with one attached hydrogen (secondary N) is 2. The third kappa shape index (κ3) is 4.57. The molecule has 0 aliphatic carbocycles. The molecule has 2 N–H and O–H groups in total. The van der Waals surface area contributed by atoms with E-state index in [1.807, 2.05) is 13.0 Å². The number of hydrogen-bond acceptors (Lipinski definition) is 4. The maximum atomic E-state index is 12.8. The van der Waals surface area contributed by atoms with Crippen LogP contribution in [0.5, 0.6) is 0 Å². The van der Waals surface area contributed by atoms with Crippen LogP contribution in [-0.4, -0.2) is 14.3 Å². The van der Waals surface area contributed by atoms with Crippen LogP contribution in [0, 0.1) is 13.8 Å². The maximum absolute atomic E-state index is 12.8. The molecule has 1 heterocycles. The first kappa shape index (κ1) is 18.7. The fourth-order valence-electron chi connectivity index (χ4n) is 2.63. The predicted octanol–water partition coefficient (Wildman–Crippen LogP) is 3.63. The van der Waals surface area contributed by atoms with Crippen molar-refractivity contribution in [2.24, 2.45) is 0 Å². The Bertz CT molecular complexity index is 1060. The minimum atomic E-state index is -3.82. The van der Waals surface area contributed by atoms with Crippen molar-refractivity contribution in [3.8, 4) is 0 Å². The van der Waals surface area contributed by atoms with Crippen molar-refractivity contribution in [1.29, 1.82) is 0 Å². The number of aryl methyl sites for hydroxylation is 2. The molecule has 0 atom stereocenters. The van der Waals surface area contributed by atoms with Crippen LogP contribution in [0.4, 0.5) is 5.69 Å². The number of benzene rings is 2. The monoisotopic (exact) mass is 384 g/mol. The van der Waals surface area contributed by atoms with Crippen LogP contribution >= 0.6 is 0 Å². The number of anilines is 1. The van der Waals surface area contributed by atoms with Gasteiger partial charge in [0.25, 0.3) is 15.9 Å². The molecule has 0 fully saturated rings. The zero-order chi connectivity index (χ0) is 19.4. The Balaban J connectivity index is 1.82. The SMILES string of the molecule is Cc1cccc(NS(=O)(=O)c2cc(C(=O)NCc3ccco3)ccc2C)c1. The topological polar surface area (TPSA) is 88.4 Å². The molecular formula is C20H20N2O4S. The summed E-state index contributed by atoms with van der Waals surface area (Å²) >= 11 is 0. The molecule has 0 unspecified atom stereocenters. The maximum Gasteiger partial charge on any atom is 0.262 e. The lowest BCUT2D eigenvalue weighted by atomic mass is 10.1. The summed E-state index contributed by atoms with van der Waals surface area (Å²) in [4.78, 5) is 12.4. The summed E-state index contributed by atoms with van der Waals surface area (Å²) in [5.41, 5.74) is 2.23. The van der Waals surface area contributed by atoms with E-state index >= 15 is 0 Å². The summed E-state index contributed by atoms with van der Waals surface area (Å²) in [5.74, 6) is 0.239. The summed E-state index contributed by atoms with van der Waals surface area (Å²) in [6.45, 7) is 3.80. The van der Waals surface area contributed by atoms with E-state index in [1.165, 1.54) is 12.3 Å². The summed E-state index contributed by atoms with van der Waals surface area (Å²) in [5, 5.41) is 2.71. The summed E-state index contributed by atoms with van der Waals surface area (Å²) in [6, 6.07) is 15.2. The van der Waals surface area contributed by atoms with E-state index in [2.05, 4.69) is 10.0 Å². The van der Waals surface area contributed by atoms with Gasteiger partial charge in [-0.25, -0.2) is 8.42 Å². The molecule has 3 aromatic rings. The number of amides is 1. The molecule has 140 valence electrons. The molecule has 27 heavy (non-hydrogen) atoms. The Kier molecular flexibility index (Phi) is 5.32. The van der Waals surface area contributed by atoms with Crippen LogP contribution in [0.15, 0.2) is 70.2 Å². The van der Waals surface area contributed by atoms with Crippen molar-refractivity contribution in [1.82, 2.24) is 5.32 Å². The molecule has 3 rings (SSSR count). The van der Waals surface area contributed by atoms with Gasteiger partial charge in [0.1, 0.15) is 5.76 Å². The predicted molar refractivity (Wildman–Crippen MR) is 103 cm³/mol. The zero-order valence-corrected chi connectivity index (χ0v) is 15.8. The van der Waals surface area contributed by atoms with Gasteiger partial charge in [0, 0.05) is 11.3 Å². The van der Waals surface area contributed by atoms with Gasteiger partial charge >= 0.3 is 0 Å². The molecule has 1 aromatic heterocycles. The Morgan fingerprint density at radius 3 is 2.56 bits per heavy atom. The molecule has 0 spiro atoms. The van der Waals surface area contributed by atoms with Gasteiger partial charge < -0.3 is 9.73 Å². The normalized spacial score (nSPS) is 11.2. The quantitative estimate of drug-likeness (QED) is 0.679. The minimum Gasteiger partial charge on any atom is -0.467 e. The van der Waals surface area contributed by atoms with Gasteiger partial charge in [0.2, 0.25) is 0 Å². The summed E-state index contributed by atoms with van der Waals surface area (Å²) in [7, 11) is -3.82. The van der Waals surface area contributed by atoms with E-state index in [0.29, 0.717) is 17.0 Å². The molecule has 7 heteroatoms. The van der Waals surface area contributed by atoms with Crippen molar-refractivity contribution in [2.75, 3.05) is 4.72 Å².